The third-order valence-corrected chi connectivity index (χ3v) is 5.38. The van der Waals surface area contributed by atoms with Crippen molar-refractivity contribution in [2.24, 2.45) is 0 Å². The number of hydrogen-bond donors (Lipinski definition) is 2. The normalized spacial score (nSPS) is 18.3. The molecule has 1 aromatic heterocycles. The molecule has 160 valence electrons. The van der Waals surface area contributed by atoms with Crippen molar-refractivity contribution < 1.29 is 19.1 Å². The van der Waals surface area contributed by atoms with Crippen LogP contribution in [0.25, 0.3) is 0 Å². The molecule has 30 heavy (non-hydrogen) atoms. The van der Waals surface area contributed by atoms with Gasteiger partial charge >= 0.3 is 12.1 Å². The molecule has 1 heterocycles. The Morgan fingerprint density at radius 3 is 2.50 bits per heavy atom. The molecule has 2 aromatic rings. The smallest absolute Gasteiger partial charge is 0.407 e. The number of aromatic nitrogens is 2. The molecular formula is C21H25IN4O4. The second-order valence-corrected chi connectivity index (χ2v) is 7.99. The highest BCUT2D eigenvalue weighted by Gasteiger charge is 2.25. The number of ether oxygens (including phenoxy) is 2. The number of hydrogen-bond acceptors (Lipinski definition) is 7. The van der Waals surface area contributed by atoms with Crippen molar-refractivity contribution in [3.63, 3.8) is 0 Å². The number of halogens is 1. The molecule has 9 heteroatoms. The average Bonchev–Trinajstić information content (AvgIpc) is 2.75. The van der Waals surface area contributed by atoms with E-state index in [0.29, 0.717) is 21.8 Å². The molecule has 1 aliphatic carbocycles. The van der Waals surface area contributed by atoms with E-state index in [9.17, 15) is 9.59 Å². The molecule has 0 spiro atoms. The van der Waals surface area contributed by atoms with Crippen molar-refractivity contribution in [1.29, 1.82) is 0 Å². The first-order valence-electron chi connectivity index (χ1n) is 9.98. The van der Waals surface area contributed by atoms with Crippen LogP contribution in [0.1, 0.15) is 48.5 Å². The van der Waals surface area contributed by atoms with E-state index < -0.39 is 12.1 Å². The van der Waals surface area contributed by atoms with Gasteiger partial charge in [-0.2, -0.15) is 0 Å². The Morgan fingerprint density at radius 1 is 1.10 bits per heavy atom. The van der Waals surface area contributed by atoms with E-state index in [-0.39, 0.29) is 18.7 Å². The van der Waals surface area contributed by atoms with Gasteiger partial charge in [-0.1, -0.05) is 30.3 Å². The SMILES string of the molecule is CCOC(=O)c1cnc(I)nc1N[C@H]1CC[C@@H](NC(=O)OCc2ccccc2)CC1. The van der Waals surface area contributed by atoms with Gasteiger partial charge in [0.25, 0.3) is 0 Å². The van der Waals surface area contributed by atoms with E-state index in [1.165, 1.54) is 6.20 Å². The van der Waals surface area contributed by atoms with Crippen molar-refractivity contribution in [2.75, 3.05) is 11.9 Å². The Balaban J connectivity index is 1.47. The van der Waals surface area contributed by atoms with Crippen LogP contribution in [-0.4, -0.2) is 40.7 Å². The van der Waals surface area contributed by atoms with E-state index in [1.54, 1.807) is 6.92 Å². The van der Waals surface area contributed by atoms with Gasteiger partial charge in [0.1, 0.15) is 18.0 Å². The second kappa shape index (κ2) is 11.1. The van der Waals surface area contributed by atoms with E-state index in [2.05, 4.69) is 20.6 Å². The number of carbonyl (C=O) groups is 2. The Bertz CT molecular complexity index is 857. The average molecular weight is 524 g/mol. The molecule has 1 fully saturated rings. The molecule has 0 radical (unpaired) electrons. The molecule has 0 atom stereocenters. The number of amides is 1. The zero-order chi connectivity index (χ0) is 21.3. The standard InChI is InChI=1S/C21H25IN4O4/c1-2-29-19(27)17-12-23-20(22)26-18(17)24-15-8-10-16(11-9-15)25-21(28)30-13-14-6-4-3-5-7-14/h3-7,12,15-16H,2,8-11,13H2,1H3,(H,25,28)(H,23,24,26)/t15-,16+. The van der Waals surface area contributed by atoms with E-state index in [4.69, 9.17) is 9.47 Å². The van der Waals surface area contributed by atoms with Crippen LogP contribution >= 0.6 is 22.6 Å². The molecule has 1 aliphatic rings. The largest absolute Gasteiger partial charge is 0.462 e. The van der Waals surface area contributed by atoms with Gasteiger partial charge in [0, 0.05) is 40.9 Å². The number of carbonyl (C=O) groups excluding carboxylic acids is 2. The second-order valence-electron chi connectivity index (χ2n) is 7.02. The fourth-order valence-corrected chi connectivity index (χ4v) is 3.72. The van der Waals surface area contributed by atoms with Gasteiger partial charge in [0.15, 0.2) is 3.83 Å². The van der Waals surface area contributed by atoms with Crippen LogP contribution in [0.5, 0.6) is 0 Å². The number of nitrogens with one attached hydrogen (secondary N) is 2. The summed E-state index contributed by atoms with van der Waals surface area (Å²) < 4.78 is 10.9. The van der Waals surface area contributed by atoms with Crippen LogP contribution in [0.15, 0.2) is 36.5 Å². The van der Waals surface area contributed by atoms with Gasteiger partial charge in [-0.15, -0.1) is 0 Å². The molecule has 0 aliphatic heterocycles. The van der Waals surface area contributed by atoms with Gasteiger partial charge in [-0.05, 0) is 38.2 Å². The van der Waals surface area contributed by atoms with Gasteiger partial charge < -0.3 is 20.1 Å². The Kier molecular flexibility index (Phi) is 8.23. The summed E-state index contributed by atoms with van der Waals surface area (Å²) in [5.74, 6) is 0.0550. The summed E-state index contributed by atoms with van der Waals surface area (Å²) in [5, 5.41) is 6.29. The maximum Gasteiger partial charge on any atom is 0.407 e. The highest BCUT2D eigenvalue weighted by Crippen LogP contribution is 2.24. The predicted octanol–water partition coefficient (Wildman–Crippen LogP) is 3.91. The number of benzene rings is 1. The lowest BCUT2D eigenvalue weighted by Crippen LogP contribution is -2.40. The highest BCUT2D eigenvalue weighted by molar-refractivity contribution is 14.1. The van der Waals surface area contributed by atoms with Gasteiger partial charge in [-0.25, -0.2) is 19.6 Å². The number of esters is 1. The summed E-state index contributed by atoms with van der Waals surface area (Å²) in [7, 11) is 0. The van der Waals surface area contributed by atoms with Crippen molar-refractivity contribution in [1.82, 2.24) is 15.3 Å². The van der Waals surface area contributed by atoms with Crippen LogP contribution in [0.2, 0.25) is 0 Å². The van der Waals surface area contributed by atoms with Gasteiger partial charge in [0.05, 0.1) is 6.61 Å². The Labute approximate surface area is 189 Å². The topological polar surface area (TPSA) is 102 Å². The van der Waals surface area contributed by atoms with E-state index >= 15 is 0 Å². The number of rotatable bonds is 7. The van der Waals surface area contributed by atoms with Gasteiger partial charge in [-0.3, -0.25) is 0 Å². The minimum Gasteiger partial charge on any atom is -0.462 e. The molecule has 0 bridgehead atoms. The van der Waals surface area contributed by atoms with Crippen LogP contribution in [-0.2, 0) is 16.1 Å². The lowest BCUT2D eigenvalue weighted by atomic mass is 9.91. The third-order valence-electron chi connectivity index (χ3n) is 4.86. The molecule has 0 saturated heterocycles. The van der Waals surface area contributed by atoms with Crippen LogP contribution in [0.4, 0.5) is 10.6 Å². The zero-order valence-electron chi connectivity index (χ0n) is 16.8. The van der Waals surface area contributed by atoms with Crippen molar-refractivity contribution in [3.8, 4) is 0 Å². The zero-order valence-corrected chi connectivity index (χ0v) is 18.9. The van der Waals surface area contributed by atoms with Crippen LogP contribution in [0.3, 0.4) is 0 Å². The third kappa shape index (κ3) is 6.54. The molecule has 3 rings (SSSR count). The maximum absolute atomic E-state index is 12.1. The predicted molar refractivity (Wildman–Crippen MR) is 120 cm³/mol. The first kappa shape index (κ1) is 22.3. The quantitative estimate of drug-likeness (QED) is 0.322. The summed E-state index contributed by atoms with van der Waals surface area (Å²) in [4.78, 5) is 32.7. The molecule has 8 nitrogen and oxygen atoms in total. The van der Waals surface area contributed by atoms with E-state index in [0.717, 1.165) is 31.2 Å². The van der Waals surface area contributed by atoms with Crippen molar-refractivity contribution in [3.05, 3.63) is 51.5 Å². The minimum absolute atomic E-state index is 0.0707. The molecule has 1 saturated carbocycles. The number of anilines is 1. The summed E-state index contributed by atoms with van der Waals surface area (Å²) in [6.07, 6.45) is 4.40. The highest BCUT2D eigenvalue weighted by atomic mass is 127. The van der Waals surface area contributed by atoms with E-state index in [1.807, 2.05) is 52.9 Å². The monoisotopic (exact) mass is 524 g/mol. The fraction of sp³-hybridized carbons (Fsp3) is 0.429. The summed E-state index contributed by atoms with van der Waals surface area (Å²) in [6.45, 7) is 2.31. The Hall–Kier alpha value is -2.43. The maximum atomic E-state index is 12.1. The summed E-state index contributed by atoms with van der Waals surface area (Å²) in [6, 6.07) is 9.82. The minimum atomic E-state index is -0.437. The lowest BCUT2D eigenvalue weighted by Gasteiger charge is -2.30. The Morgan fingerprint density at radius 2 is 1.80 bits per heavy atom. The fourth-order valence-electron chi connectivity index (χ4n) is 3.34. The first-order valence-corrected chi connectivity index (χ1v) is 11.1. The number of nitrogens with zero attached hydrogens (tertiary/aromatic N) is 2. The molecule has 2 N–H and O–H groups in total. The number of alkyl carbamates (subject to hydrolysis) is 1. The summed E-state index contributed by atoms with van der Waals surface area (Å²) >= 11 is 2.01. The molecule has 1 amide bonds. The molecule has 1 aromatic carbocycles. The first-order chi connectivity index (χ1) is 14.5. The van der Waals surface area contributed by atoms with Crippen molar-refractivity contribution >= 4 is 40.5 Å². The van der Waals surface area contributed by atoms with Crippen LogP contribution < -0.4 is 10.6 Å². The van der Waals surface area contributed by atoms with Crippen molar-refractivity contribution in [2.45, 2.75) is 51.3 Å². The van der Waals surface area contributed by atoms with Crippen LogP contribution in [0, 0.1) is 3.83 Å². The molecular weight excluding hydrogens is 499 g/mol. The molecule has 0 unspecified atom stereocenters. The lowest BCUT2D eigenvalue weighted by molar-refractivity contribution is 0.0526. The summed E-state index contributed by atoms with van der Waals surface area (Å²) in [5.41, 5.74) is 1.29. The van der Waals surface area contributed by atoms with Gasteiger partial charge in [0.2, 0.25) is 0 Å².